The van der Waals surface area contributed by atoms with Gasteiger partial charge in [-0.1, -0.05) is 13.8 Å². The second-order valence-corrected chi connectivity index (χ2v) is 13.3. The van der Waals surface area contributed by atoms with Gasteiger partial charge in [0.1, 0.15) is 11.5 Å². The van der Waals surface area contributed by atoms with Crippen molar-refractivity contribution in [3.05, 3.63) is 23.3 Å². The number of aryl methyl sites for hydroxylation is 2. The van der Waals surface area contributed by atoms with E-state index in [9.17, 15) is 8.42 Å². The summed E-state index contributed by atoms with van der Waals surface area (Å²) in [5.41, 5.74) is 0.919. The van der Waals surface area contributed by atoms with Gasteiger partial charge >= 0.3 is 0 Å². The predicted molar refractivity (Wildman–Crippen MR) is 145 cm³/mol. The standard InChI is InChI=1S/C27H49N3O5S/c1-20-16-23(33-10)17-21(2)25(20)36(31,32)29(8)14-15-35-19-27(5,34-11)30(9)24-18-22(26(24,3)4)12-13-28(6)7/h16-17,22,24H,12-15,18-19H2,1-11H3/t22-,24+,27?/m0/s1. The molecule has 8 nitrogen and oxygen atoms in total. The lowest BCUT2D eigenvalue weighted by atomic mass is 9.56. The Kier molecular flexibility index (Phi) is 10.4. The lowest BCUT2D eigenvalue weighted by molar-refractivity contribution is -0.208. The Labute approximate surface area is 219 Å². The zero-order valence-electron chi connectivity index (χ0n) is 24.3. The topological polar surface area (TPSA) is 71.5 Å². The molecule has 0 aliphatic heterocycles. The van der Waals surface area contributed by atoms with Gasteiger partial charge in [-0.25, -0.2) is 8.42 Å². The highest BCUT2D eigenvalue weighted by Gasteiger charge is 2.52. The fraction of sp³-hybridized carbons (Fsp3) is 0.778. The molecule has 1 aromatic carbocycles. The highest BCUT2D eigenvalue weighted by Crippen LogP contribution is 2.51. The molecule has 1 aromatic rings. The van der Waals surface area contributed by atoms with Gasteiger partial charge in [0.05, 0.1) is 25.2 Å². The summed E-state index contributed by atoms with van der Waals surface area (Å²) in [6.07, 6.45) is 2.33. The number of methoxy groups -OCH3 is 2. The summed E-state index contributed by atoms with van der Waals surface area (Å²) in [4.78, 5) is 4.86. The Balaban J connectivity index is 1.96. The maximum Gasteiger partial charge on any atom is 0.243 e. The lowest BCUT2D eigenvalue weighted by Gasteiger charge is -2.59. The van der Waals surface area contributed by atoms with E-state index in [1.54, 1.807) is 47.2 Å². The highest BCUT2D eigenvalue weighted by molar-refractivity contribution is 7.89. The summed E-state index contributed by atoms with van der Waals surface area (Å²) < 4.78 is 45.1. The molecule has 0 saturated heterocycles. The molecule has 0 spiro atoms. The number of sulfonamides is 1. The van der Waals surface area contributed by atoms with Crippen LogP contribution in [-0.2, 0) is 19.5 Å². The molecular weight excluding hydrogens is 478 g/mol. The van der Waals surface area contributed by atoms with Crippen molar-refractivity contribution >= 4 is 10.0 Å². The maximum atomic E-state index is 13.3. The van der Waals surface area contributed by atoms with Gasteiger partial charge in [0.15, 0.2) is 0 Å². The second kappa shape index (κ2) is 12.1. The van der Waals surface area contributed by atoms with Crippen LogP contribution in [0.5, 0.6) is 5.75 Å². The van der Waals surface area contributed by atoms with Gasteiger partial charge in [-0.05, 0) is 95.9 Å². The first-order chi connectivity index (χ1) is 16.6. The Morgan fingerprint density at radius 3 is 2.11 bits per heavy atom. The van der Waals surface area contributed by atoms with Gasteiger partial charge in [0, 0.05) is 26.7 Å². The van der Waals surface area contributed by atoms with E-state index < -0.39 is 15.7 Å². The van der Waals surface area contributed by atoms with Crippen LogP contribution in [0.3, 0.4) is 0 Å². The molecule has 1 aliphatic carbocycles. The Morgan fingerprint density at radius 1 is 1.06 bits per heavy atom. The molecule has 3 atom stereocenters. The van der Waals surface area contributed by atoms with E-state index in [0.717, 1.165) is 13.0 Å². The van der Waals surface area contributed by atoms with Crippen LogP contribution in [0.15, 0.2) is 17.0 Å². The summed E-state index contributed by atoms with van der Waals surface area (Å²) >= 11 is 0. The molecule has 0 radical (unpaired) electrons. The van der Waals surface area contributed by atoms with Crippen molar-refractivity contribution in [1.29, 1.82) is 0 Å². The molecule has 9 heteroatoms. The molecule has 208 valence electrons. The maximum absolute atomic E-state index is 13.3. The average Bonchev–Trinajstić information content (AvgIpc) is 2.79. The zero-order chi connectivity index (χ0) is 27.5. The molecule has 0 bridgehead atoms. The molecule has 0 heterocycles. The molecule has 0 N–H and O–H groups in total. The SMILES string of the molecule is COc1cc(C)c(S(=O)(=O)N(C)CCOCC(C)(OC)N(C)[C@@H]2C[C@H](CCN(C)C)C2(C)C)c(C)c1. The number of hydrogen-bond donors (Lipinski definition) is 0. The number of hydrogen-bond acceptors (Lipinski definition) is 7. The Morgan fingerprint density at radius 2 is 1.64 bits per heavy atom. The van der Waals surface area contributed by atoms with E-state index in [4.69, 9.17) is 14.2 Å². The predicted octanol–water partition coefficient (Wildman–Crippen LogP) is 3.61. The molecule has 1 unspecified atom stereocenters. The molecule has 36 heavy (non-hydrogen) atoms. The minimum absolute atomic E-state index is 0.187. The van der Waals surface area contributed by atoms with E-state index in [2.05, 4.69) is 44.8 Å². The molecule has 1 saturated carbocycles. The summed E-state index contributed by atoms with van der Waals surface area (Å²) in [6.45, 7) is 12.3. The molecule has 1 aliphatic rings. The quantitative estimate of drug-likeness (QED) is 0.270. The van der Waals surface area contributed by atoms with Gasteiger partial charge in [0.2, 0.25) is 10.0 Å². The zero-order valence-corrected chi connectivity index (χ0v) is 25.2. The van der Waals surface area contributed by atoms with E-state index >= 15 is 0 Å². The van der Waals surface area contributed by atoms with Gasteiger partial charge in [-0.15, -0.1) is 0 Å². The Hall–Kier alpha value is -1.23. The van der Waals surface area contributed by atoms with Crippen molar-refractivity contribution in [2.75, 3.05) is 68.7 Å². The fourth-order valence-corrected chi connectivity index (χ4v) is 6.91. The smallest absolute Gasteiger partial charge is 0.243 e. The van der Waals surface area contributed by atoms with Crippen LogP contribution in [0.25, 0.3) is 0 Å². The van der Waals surface area contributed by atoms with Crippen molar-refractivity contribution in [2.24, 2.45) is 11.3 Å². The van der Waals surface area contributed by atoms with E-state index in [0.29, 0.717) is 40.3 Å². The van der Waals surface area contributed by atoms with Gasteiger partial charge in [0.25, 0.3) is 0 Å². The third kappa shape index (κ3) is 6.60. The number of benzene rings is 1. The van der Waals surface area contributed by atoms with Crippen LogP contribution in [-0.4, -0.2) is 103 Å². The Bertz CT molecular complexity index is 959. The summed E-state index contributed by atoms with van der Waals surface area (Å²) in [5, 5.41) is 0. The third-order valence-electron chi connectivity index (χ3n) is 8.26. The van der Waals surface area contributed by atoms with Crippen molar-refractivity contribution in [3.63, 3.8) is 0 Å². The summed E-state index contributed by atoms with van der Waals surface area (Å²) in [7, 11) is 7.57. The van der Waals surface area contributed by atoms with Crippen LogP contribution >= 0.6 is 0 Å². The molecule has 0 amide bonds. The summed E-state index contributed by atoms with van der Waals surface area (Å²) in [5.74, 6) is 1.33. The summed E-state index contributed by atoms with van der Waals surface area (Å²) in [6, 6.07) is 3.89. The van der Waals surface area contributed by atoms with E-state index in [1.165, 1.54) is 10.7 Å². The van der Waals surface area contributed by atoms with Crippen LogP contribution in [0, 0.1) is 25.2 Å². The van der Waals surface area contributed by atoms with E-state index in [1.807, 2.05) is 6.92 Å². The number of rotatable bonds is 14. The lowest BCUT2D eigenvalue weighted by Crippen LogP contribution is -2.64. The van der Waals surface area contributed by atoms with Gasteiger partial charge in [-0.2, -0.15) is 4.31 Å². The molecule has 1 fully saturated rings. The number of likely N-dealkylation sites (N-methyl/N-ethyl adjacent to an activating group) is 2. The first kappa shape index (κ1) is 31.0. The highest BCUT2D eigenvalue weighted by atomic mass is 32.2. The molecule has 2 rings (SSSR count). The van der Waals surface area contributed by atoms with Crippen molar-refractivity contribution < 1.29 is 22.6 Å². The monoisotopic (exact) mass is 527 g/mol. The molecule has 0 aromatic heterocycles. The second-order valence-electron chi connectivity index (χ2n) is 11.3. The normalized spacial score (nSPS) is 21.6. The van der Waals surface area contributed by atoms with Crippen molar-refractivity contribution in [2.45, 2.75) is 64.1 Å². The first-order valence-electron chi connectivity index (χ1n) is 12.7. The van der Waals surface area contributed by atoms with Gasteiger partial charge in [-0.3, -0.25) is 4.90 Å². The first-order valence-corrected chi connectivity index (χ1v) is 14.2. The van der Waals surface area contributed by atoms with E-state index in [-0.39, 0.29) is 18.6 Å². The van der Waals surface area contributed by atoms with Crippen LogP contribution < -0.4 is 4.74 Å². The number of ether oxygens (including phenoxy) is 3. The van der Waals surface area contributed by atoms with Crippen LogP contribution in [0.1, 0.15) is 44.7 Å². The number of nitrogens with zero attached hydrogens (tertiary/aromatic N) is 3. The third-order valence-corrected chi connectivity index (χ3v) is 10.4. The average molecular weight is 528 g/mol. The fourth-order valence-electron chi connectivity index (χ4n) is 5.35. The minimum Gasteiger partial charge on any atom is -0.497 e. The van der Waals surface area contributed by atoms with Crippen molar-refractivity contribution in [1.82, 2.24) is 14.1 Å². The van der Waals surface area contributed by atoms with Crippen LogP contribution in [0.2, 0.25) is 0 Å². The van der Waals surface area contributed by atoms with Gasteiger partial charge < -0.3 is 19.1 Å². The minimum atomic E-state index is -3.65. The largest absolute Gasteiger partial charge is 0.497 e. The van der Waals surface area contributed by atoms with Crippen LogP contribution in [0.4, 0.5) is 0 Å². The van der Waals surface area contributed by atoms with Crippen molar-refractivity contribution in [3.8, 4) is 5.75 Å². The molecular formula is C27H49N3O5S.